The maximum absolute atomic E-state index is 7.33. The summed E-state index contributed by atoms with van der Waals surface area (Å²) >= 11 is 0. The molecule has 0 aliphatic rings. The first-order valence-electron chi connectivity index (χ1n) is 0.894. The van der Waals surface area contributed by atoms with Crippen molar-refractivity contribution < 1.29 is 41.1 Å². The third kappa shape index (κ3) is 287. The molecule has 0 bridgehead atoms. The molecule has 0 atom stereocenters. The molecule has 0 saturated heterocycles. The average molecular weight is 273 g/mol. The van der Waals surface area contributed by atoms with Crippen LogP contribution < -0.4 is 0 Å². The summed E-state index contributed by atoms with van der Waals surface area (Å²) in [4.78, 5) is 29.3. The Balaban J connectivity index is -0.00000000286. The summed E-state index contributed by atoms with van der Waals surface area (Å²) < 4.78 is 0. The Bertz CT molecular complexity index is 31.6. The summed E-state index contributed by atoms with van der Waals surface area (Å²) in [5.74, 6) is 0. The molecule has 12 N–H and O–H groups in total. The lowest BCUT2D eigenvalue weighted by Crippen LogP contribution is -2.33. The predicted octanol–water partition coefficient (Wildman–Crippen LogP) is -9.57. The summed E-state index contributed by atoms with van der Waals surface area (Å²) in [7, 11) is -4.61. The highest BCUT2D eigenvalue weighted by molar-refractivity contribution is 6.46. The molecule has 0 amide bonds. The van der Waals surface area contributed by atoms with Crippen LogP contribution in [-0.2, 0) is 0 Å². The maximum Gasteiger partial charge on any atom is 0.668 e. The van der Waals surface area contributed by atoms with E-state index in [0.717, 1.165) is 0 Å². The fraction of sp³-hybridized carbons (Fsp3) is 0. The number of hydrogen-bond donors (Lipinski definition) is 4. The van der Waals surface area contributed by atoms with Gasteiger partial charge in [0.15, 0.2) is 0 Å². The molecule has 0 rings (SSSR count). The van der Waals surface area contributed by atoms with E-state index in [2.05, 4.69) is 0 Å². The van der Waals surface area contributed by atoms with E-state index in [1.165, 1.54) is 0 Å². The van der Waals surface area contributed by atoms with Crippen LogP contribution in [0.25, 0.3) is 0 Å². The Kier molecular flexibility index (Phi) is 206. The third-order valence-corrected chi connectivity index (χ3v) is 0. The number of hydrogen-bond acceptors (Lipinski definition) is 4. The summed E-state index contributed by atoms with van der Waals surface area (Å²) in [6.07, 6.45) is 0. The van der Waals surface area contributed by atoms with Gasteiger partial charge in [0.05, 0.1) is 0 Å². The van der Waals surface area contributed by atoms with Gasteiger partial charge >= 0.3 is 101 Å². The van der Waals surface area contributed by atoms with Crippen molar-refractivity contribution in [2.75, 3.05) is 0 Å². The molecule has 0 aliphatic carbocycles. The van der Waals surface area contributed by atoms with Gasteiger partial charge in [-0.2, -0.15) is 0 Å². The number of rotatable bonds is 0. The highest BCUT2D eigenvalue weighted by atomic mass is 28.4. The average Bonchev–Trinajstić information content (AvgIpc) is 0.722. The lowest BCUT2D eigenvalue weighted by molar-refractivity contribution is 0.117. The van der Waals surface area contributed by atoms with Gasteiger partial charge in [0.1, 0.15) is 0 Å². The van der Waals surface area contributed by atoms with Crippen LogP contribution in [0.15, 0.2) is 0 Å². The minimum absolute atomic E-state index is 0. The summed E-state index contributed by atoms with van der Waals surface area (Å²) in [5.41, 5.74) is 0. The van der Waals surface area contributed by atoms with Crippen molar-refractivity contribution in [3.63, 3.8) is 0 Å². The third-order valence-electron chi connectivity index (χ3n) is 0. The molecule has 0 radical (unpaired) electrons. The van der Waals surface area contributed by atoms with Crippen molar-refractivity contribution >= 4 is 101 Å². The zero-order valence-electron chi connectivity index (χ0n) is 4.29. The van der Waals surface area contributed by atoms with Gasteiger partial charge < -0.3 is 41.1 Å². The van der Waals surface area contributed by atoms with Crippen LogP contribution in [0.5, 0.6) is 0 Å². The van der Waals surface area contributed by atoms with E-state index in [0.29, 0.717) is 0 Å². The molecule has 0 aromatic rings. The van der Waals surface area contributed by atoms with Gasteiger partial charge in [0.25, 0.3) is 0 Å². The van der Waals surface area contributed by atoms with E-state index in [1.807, 2.05) is 0 Å². The van der Waals surface area contributed by atoms with Crippen LogP contribution in [0.1, 0.15) is 0 Å². The molecule has 0 fully saturated rings. The molecule has 8 nitrogen and oxygen atoms in total. The maximum atomic E-state index is 7.33. The molecule has 0 heterocycles. The van der Waals surface area contributed by atoms with E-state index in [4.69, 9.17) is 19.2 Å². The van der Waals surface area contributed by atoms with Crippen LogP contribution in [0.4, 0.5) is 0 Å². The Hall–Kier alpha value is 2.96. The summed E-state index contributed by atoms with van der Waals surface area (Å²) in [6, 6.07) is 0. The molecule has 0 spiro atoms. The van der Waals surface area contributed by atoms with E-state index >= 15 is 0 Å². The molecule has 13 heteroatoms. The Morgan fingerprint density at radius 1 is 0.462 bits per heavy atom. The molecule has 0 aromatic carbocycles. The second-order valence-corrected chi connectivity index (χ2v) is 1.80. The summed E-state index contributed by atoms with van der Waals surface area (Å²) in [6.45, 7) is 0. The monoisotopic (exact) mass is 272 g/mol. The van der Waals surface area contributed by atoms with E-state index in [1.54, 1.807) is 0 Å². The van der Waals surface area contributed by atoms with Gasteiger partial charge in [-0.1, -0.05) is 0 Å². The second-order valence-electron chi connectivity index (χ2n) is 0.600. The predicted molar refractivity (Wildman–Crippen MR) is 63.3 cm³/mol. The molecule has 0 saturated carbocycles. The lowest BCUT2D eigenvalue weighted by atomic mass is 15.7. The molecule has 0 aliphatic heterocycles. The minimum atomic E-state index is -4.61. The SMILES string of the molecule is O.O.O.O.O[Si](O)(O)O.[MgH2].[MgH2].[MgH2].[MgH2]. The highest BCUT2D eigenvalue weighted by Crippen LogP contribution is 1.67. The molecular formula is H20Mg4O8Si. The quantitative estimate of drug-likeness (QED) is 0.317. The van der Waals surface area contributed by atoms with E-state index in [9.17, 15) is 0 Å². The van der Waals surface area contributed by atoms with Crippen LogP contribution in [0.2, 0.25) is 0 Å². The fourth-order valence-electron chi connectivity index (χ4n) is 0. The van der Waals surface area contributed by atoms with Crippen molar-refractivity contribution in [3.8, 4) is 0 Å². The topological polar surface area (TPSA) is 207 Å². The minimum Gasteiger partial charge on any atom is -0.412 e. The zero-order valence-corrected chi connectivity index (χ0v) is 5.29. The molecule has 80 valence electrons. The van der Waals surface area contributed by atoms with Crippen molar-refractivity contribution in [2.45, 2.75) is 0 Å². The van der Waals surface area contributed by atoms with Gasteiger partial charge in [-0.3, -0.25) is 0 Å². The first-order valence-corrected chi connectivity index (χ1v) is 2.68. The second kappa shape index (κ2) is 36.3. The standard InChI is InChI=1S/4Mg.H4O4Si.4H2O.8H/c;;;;1-5(2,3)4;;;;;;;;;;;;/h;;;;1-4H;4*1H2;;;;;;;;. The van der Waals surface area contributed by atoms with Gasteiger partial charge in [-0.25, -0.2) is 0 Å². The molecule has 0 unspecified atom stereocenters. The highest BCUT2D eigenvalue weighted by Gasteiger charge is 2.22. The Morgan fingerprint density at radius 2 is 0.462 bits per heavy atom. The first kappa shape index (κ1) is 73.7. The van der Waals surface area contributed by atoms with Crippen molar-refractivity contribution in [3.05, 3.63) is 0 Å². The van der Waals surface area contributed by atoms with Gasteiger partial charge in [0, 0.05) is 0 Å². The molecule has 13 heavy (non-hydrogen) atoms. The van der Waals surface area contributed by atoms with Gasteiger partial charge in [-0.05, 0) is 0 Å². The Morgan fingerprint density at radius 3 is 0.462 bits per heavy atom. The van der Waals surface area contributed by atoms with Crippen LogP contribution in [0.3, 0.4) is 0 Å². The van der Waals surface area contributed by atoms with Crippen molar-refractivity contribution in [1.82, 2.24) is 0 Å². The zero-order chi connectivity index (χ0) is 4.50. The fourth-order valence-corrected chi connectivity index (χ4v) is 0. The molecule has 0 aromatic heterocycles. The summed E-state index contributed by atoms with van der Waals surface area (Å²) in [5, 5.41) is 0. The smallest absolute Gasteiger partial charge is 0.412 e. The normalized spacial score (nSPS) is 4.62. The van der Waals surface area contributed by atoms with E-state index in [-0.39, 0.29) is 114 Å². The molecular weight excluding hydrogens is 253 g/mol. The first-order chi connectivity index (χ1) is 2.00. The van der Waals surface area contributed by atoms with Crippen LogP contribution in [-0.4, -0.2) is 142 Å². The van der Waals surface area contributed by atoms with Gasteiger partial charge in [0.2, 0.25) is 0 Å². The van der Waals surface area contributed by atoms with Crippen LogP contribution >= 0.6 is 0 Å². The van der Waals surface area contributed by atoms with E-state index < -0.39 is 9.05 Å². The Labute approximate surface area is 140 Å². The van der Waals surface area contributed by atoms with Crippen molar-refractivity contribution in [1.29, 1.82) is 0 Å². The van der Waals surface area contributed by atoms with Crippen molar-refractivity contribution in [2.24, 2.45) is 0 Å². The largest absolute Gasteiger partial charge is 0.668 e. The van der Waals surface area contributed by atoms with Crippen LogP contribution in [0, 0.1) is 0 Å². The van der Waals surface area contributed by atoms with Gasteiger partial charge in [-0.15, -0.1) is 0 Å². The lowest BCUT2D eigenvalue weighted by Gasteiger charge is -1.91.